The molecule has 16 heavy (non-hydrogen) atoms. The Bertz CT molecular complexity index is 368. The fourth-order valence-electron chi connectivity index (χ4n) is 1.40. The number of hydrogen-bond donors (Lipinski definition) is 2. The molecule has 0 unspecified atom stereocenters. The minimum Gasteiger partial charge on any atom is -0.496 e. The molecule has 0 bridgehead atoms. The molecule has 0 radical (unpaired) electrons. The van der Waals surface area contributed by atoms with E-state index >= 15 is 0 Å². The molecule has 0 aliphatic heterocycles. The minimum absolute atomic E-state index is 0.366. The Morgan fingerprint density at radius 2 is 1.81 bits per heavy atom. The van der Waals surface area contributed by atoms with Crippen LogP contribution in [0.2, 0.25) is 0 Å². The van der Waals surface area contributed by atoms with E-state index in [1.54, 1.807) is 33.3 Å². The summed E-state index contributed by atoms with van der Waals surface area (Å²) in [6, 6.07) is 3.10. The molecule has 1 rings (SSSR count). The minimum atomic E-state index is -0.767. The number of aliphatic hydroxyl groups is 1. The molecule has 4 nitrogen and oxygen atoms in total. The predicted molar refractivity (Wildman–Crippen MR) is 65.9 cm³/mol. The molecule has 0 spiro atoms. The predicted octanol–water partition coefficient (Wildman–Crippen LogP) is 1.85. The molecule has 0 heterocycles. The third-order valence-electron chi connectivity index (χ3n) is 2.32. The van der Waals surface area contributed by atoms with E-state index in [-0.39, 0.29) is 6.04 Å². The summed E-state index contributed by atoms with van der Waals surface area (Å²) in [6.07, 6.45) is -0.767. The van der Waals surface area contributed by atoms with Gasteiger partial charge in [-0.2, -0.15) is 0 Å². The summed E-state index contributed by atoms with van der Waals surface area (Å²) in [7, 11) is 3.11. The Morgan fingerprint density at radius 1 is 1.25 bits per heavy atom. The zero-order chi connectivity index (χ0) is 12.3. The topological polar surface area (TPSA) is 64.7 Å². The zero-order valence-electron chi connectivity index (χ0n) is 9.53. The number of methoxy groups -OCH3 is 2. The van der Waals surface area contributed by atoms with E-state index in [0.717, 1.165) is 4.47 Å². The van der Waals surface area contributed by atoms with Crippen LogP contribution in [-0.4, -0.2) is 25.4 Å². The summed E-state index contributed by atoms with van der Waals surface area (Å²) in [6.45, 7) is 1.74. The van der Waals surface area contributed by atoms with Gasteiger partial charge in [-0.05, 0) is 28.9 Å². The summed E-state index contributed by atoms with van der Waals surface area (Å²) in [5.74, 6) is 1.21. The van der Waals surface area contributed by atoms with Crippen LogP contribution in [0.15, 0.2) is 16.6 Å². The second-order valence-corrected chi connectivity index (χ2v) is 4.39. The SMILES string of the molecule is COc1cc(OC)c([C@@H](O)[C@H](C)N)cc1Br. The summed E-state index contributed by atoms with van der Waals surface area (Å²) < 4.78 is 11.1. The van der Waals surface area contributed by atoms with Gasteiger partial charge in [0.25, 0.3) is 0 Å². The first-order valence-electron chi connectivity index (χ1n) is 4.86. The van der Waals surface area contributed by atoms with Crippen LogP contribution in [0.4, 0.5) is 0 Å². The van der Waals surface area contributed by atoms with Crippen LogP contribution in [0, 0.1) is 0 Å². The van der Waals surface area contributed by atoms with E-state index in [0.29, 0.717) is 17.1 Å². The molecule has 1 aromatic rings. The van der Waals surface area contributed by atoms with Crippen molar-refractivity contribution in [3.63, 3.8) is 0 Å². The van der Waals surface area contributed by atoms with Gasteiger partial charge in [-0.15, -0.1) is 0 Å². The summed E-state index contributed by atoms with van der Waals surface area (Å²) in [5, 5.41) is 9.93. The highest BCUT2D eigenvalue weighted by Crippen LogP contribution is 2.36. The van der Waals surface area contributed by atoms with Gasteiger partial charge in [0.05, 0.1) is 24.8 Å². The van der Waals surface area contributed by atoms with E-state index in [9.17, 15) is 5.11 Å². The number of benzene rings is 1. The zero-order valence-corrected chi connectivity index (χ0v) is 11.1. The van der Waals surface area contributed by atoms with Crippen molar-refractivity contribution in [3.05, 3.63) is 22.2 Å². The Morgan fingerprint density at radius 3 is 2.25 bits per heavy atom. The van der Waals surface area contributed by atoms with E-state index in [4.69, 9.17) is 15.2 Å². The van der Waals surface area contributed by atoms with Crippen LogP contribution >= 0.6 is 15.9 Å². The van der Waals surface area contributed by atoms with Gasteiger partial charge < -0.3 is 20.3 Å². The van der Waals surface area contributed by atoms with Crippen LogP contribution in [0.5, 0.6) is 11.5 Å². The van der Waals surface area contributed by atoms with E-state index in [2.05, 4.69) is 15.9 Å². The summed E-state index contributed by atoms with van der Waals surface area (Å²) in [4.78, 5) is 0. The number of nitrogens with two attached hydrogens (primary N) is 1. The molecule has 1 aromatic carbocycles. The molecule has 0 saturated heterocycles. The molecule has 0 aromatic heterocycles. The lowest BCUT2D eigenvalue weighted by Gasteiger charge is -2.19. The molecule has 90 valence electrons. The fraction of sp³-hybridized carbons (Fsp3) is 0.455. The van der Waals surface area contributed by atoms with Crippen LogP contribution < -0.4 is 15.2 Å². The van der Waals surface area contributed by atoms with Crippen molar-refractivity contribution in [2.75, 3.05) is 14.2 Å². The van der Waals surface area contributed by atoms with Crippen LogP contribution in [0.25, 0.3) is 0 Å². The van der Waals surface area contributed by atoms with Gasteiger partial charge in [0.2, 0.25) is 0 Å². The van der Waals surface area contributed by atoms with Crippen molar-refractivity contribution < 1.29 is 14.6 Å². The molecule has 0 amide bonds. The Hall–Kier alpha value is -0.780. The maximum absolute atomic E-state index is 9.93. The molecule has 0 fully saturated rings. The van der Waals surface area contributed by atoms with Crippen LogP contribution in [0.3, 0.4) is 0 Å². The third-order valence-corrected chi connectivity index (χ3v) is 2.94. The Labute approximate surface area is 103 Å². The lowest BCUT2D eigenvalue weighted by atomic mass is 10.0. The Kier molecular flexibility index (Phi) is 4.58. The van der Waals surface area contributed by atoms with Crippen molar-refractivity contribution in [2.24, 2.45) is 5.73 Å². The third kappa shape index (κ3) is 2.66. The lowest BCUT2D eigenvalue weighted by molar-refractivity contribution is 0.149. The van der Waals surface area contributed by atoms with E-state index in [1.165, 1.54) is 0 Å². The smallest absolute Gasteiger partial charge is 0.136 e. The van der Waals surface area contributed by atoms with E-state index in [1.807, 2.05) is 0 Å². The molecule has 0 aliphatic carbocycles. The number of halogens is 1. The molecule has 0 aliphatic rings. The molecular weight excluding hydrogens is 274 g/mol. The van der Waals surface area contributed by atoms with Gasteiger partial charge in [-0.1, -0.05) is 0 Å². The standard InChI is InChI=1S/C11H16BrNO3/c1-6(13)11(14)7-4-8(12)10(16-3)5-9(7)15-2/h4-6,11,14H,13H2,1-3H3/t6-,11-/m0/s1. The Balaban J connectivity index is 3.23. The van der Waals surface area contributed by atoms with Crippen LogP contribution in [-0.2, 0) is 0 Å². The van der Waals surface area contributed by atoms with Crippen molar-refractivity contribution >= 4 is 15.9 Å². The van der Waals surface area contributed by atoms with Crippen molar-refractivity contribution in [2.45, 2.75) is 19.1 Å². The molecule has 2 atom stereocenters. The highest BCUT2D eigenvalue weighted by Gasteiger charge is 2.19. The number of hydrogen-bond acceptors (Lipinski definition) is 4. The van der Waals surface area contributed by atoms with Gasteiger partial charge in [0, 0.05) is 17.7 Å². The normalized spacial score (nSPS) is 14.4. The maximum Gasteiger partial charge on any atom is 0.136 e. The second-order valence-electron chi connectivity index (χ2n) is 3.53. The average Bonchev–Trinajstić information content (AvgIpc) is 2.27. The van der Waals surface area contributed by atoms with Gasteiger partial charge in [0.15, 0.2) is 0 Å². The average molecular weight is 290 g/mol. The second kappa shape index (κ2) is 5.52. The lowest BCUT2D eigenvalue weighted by Crippen LogP contribution is -2.24. The number of rotatable bonds is 4. The number of aliphatic hydroxyl groups excluding tert-OH is 1. The molecule has 5 heteroatoms. The summed E-state index contributed by atoms with van der Waals surface area (Å²) >= 11 is 3.36. The van der Waals surface area contributed by atoms with Gasteiger partial charge in [-0.25, -0.2) is 0 Å². The first-order chi connectivity index (χ1) is 7.51. The van der Waals surface area contributed by atoms with Crippen molar-refractivity contribution in [1.82, 2.24) is 0 Å². The highest BCUT2D eigenvalue weighted by molar-refractivity contribution is 9.10. The largest absolute Gasteiger partial charge is 0.496 e. The highest BCUT2D eigenvalue weighted by atomic mass is 79.9. The first kappa shape index (κ1) is 13.3. The van der Waals surface area contributed by atoms with Gasteiger partial charge in [-0.3, -0.25) is 0 Å². The van der Waals surface area contributed by atoms with Gasteiger partial charge >= 0.3 is 0 Å². The fourth-order valence-corrected chi connectivity index (χ4v) is 1.92. The molecular formula is C11H16BrNO3. The van der Waals surface area contributed by atoms with E-state index < -0.39 is 6.10 Å². The molecule has 0 saturated carbocycles. The van der Waals surface area contributed by atoms with Crippen molar-refractivity contribution in [1.29, 1.82) is 0 Å². The maximum atomic E-state index is 9.93. The van der Waals surface area contributed by atoms with Crippen LogP contribution in [0.1, 0.15) is 18.6 Å². The van der Waals surface area contributed by atoms with Crippen molar-refractivity contribution in [3.8, 4) is 11.5 Å². The monoisotopic (exact) mass is 289 g/mol. The molecule has 3 N–H and O–H groups in total. The number of ether oxygens (including phenoxy) is 2. The first-order valence-corrected chi connectivity index (χ1v) is 5.65. The summed E-state index contributed by atoms with van der Waals surface area (Å²) in [5.41, 5.74) is 6.30. The van der Waals surface area contributed by atoms with Gasteiger partial charge in [0.1, 0.15) is 11.5 Å². The quantitative estimate of drug-likeness (QED) is 0.888.